The molecule has 1 saturated heterocycles. The number of benzene rings is 1. The van der Waals surface area contributed by atoms with E-state index in [1.54, 1.807) is 6.07 Å². The molecule has 8 heteroatoms. The summed E-state index contributed by atoms with van der Waals surface area (Å²) in [5.41, 5.74) is -0.753. The van der Waals surface area contributed by atoms with Gasteiger partial charge in [-0.25, -0.2) is 0 Å². The van der Waals surface area contributed by atoms with Gasteiger partial charge in [0.15, 0.2) is 11.5 Å². The first-order valence-electron chi connectivity index (χ1n) is 8.40. The van der Waals surface area contributed by atoms with E-state index in [4.69, 9.17) is 25.8 Å². The molecule has 0 radical (unpaired) electrons. The highest BCUT2D eigenvalue weighted by Crippen LogP contribution is 2.38. The van der Waals surface area contributed by atoms with Crippen LogP contribution in [0.25, 0.3) is 0 Å². The minimum absolute atomic E-state index is 0.0555. The molecule has 0 aliphatic carbocycles. The third-order valence-electron chi connectivity index (χ3n) is 4.44. The lowest BCUT2D eigenvalue weighted by Crippen LogP contribution is -2.40. The van der Waals surface area contributed by atoms with E-state index >= 15 is 0 Å². The van der Waals surface area contributed by atoms with Crippen LogP contribution in [0.3, 0.4) is 0 Å². The molecule has 1 amide bonds. The molecule has 0 spiro atoms. The first kappa shape index (κ1) is 20.3. The number of amides is 1. The quantitative estimate of drug-likeness (QED) is 0.740. The summed E-state index contributed by atoms with van der Waals surface area (Å²) in [6.07, 6.45) is 1.15. The Bertz CT molecular complexity index is 680. The van der Waals surface area contributed by atoms with Gasteiger partial charge in [-0.05, 0) is 25.0 Å². The van der Waals surface area contributed by atoms with Gasteiger partial charge in [0.25, 0.3) is 5.91 Å². The molecule has 0 saturated carbocycles. The highest BCUT2D eigenvalue weighted by molar-refractivity contribution is 6.32. The molecule has 1 aliphatic rings. The number of hydrogen-bond acceptors (Lipinski definition) is 5. The third-order valence-corrected chi connectivity index (χ3v) is 4.72. The smallest absolute Gasteiger partial charge is 0.313 e. The molecular weight excluding hydrogens is 362 g/mol. The molecule has 0 bridgehead atoms. The molecule has 1 N–H and O–H groups in total. The van der Waals surface area contributed by atoms with E-state index in [2.05, 4.69) is 0 Å². The number of halogens is 1. The number of likely N-dealkylation sites (tertiary alicyclic amines) is 1. The molecule has 7 nitrogen and oxygen atoms in total. The first-order chi connectivity index (χ1) is 12.4. The van der Waals surface area contributed by atoms with Crippen LogP contribution in [0.5, 0.6) is 11.5 Å². The van der Waals surface area contributed by atoms with Crippen molar-refractivity contribution in [3.63, 3.8) is 0 Å². The van der Waals surface area contributed by atoms with Crippen molar-refractivity contribution in [1.82, 2.24) is 4.90 Å². The van der Waals surface area contributed by atoms with Crippen LogP contribution in [0.1, 0.15) is 30.1 Å². The first-order valence-corrected chi connectivity index (χ1v) is 8.78. The Labute approximate surface area is 157 Å². The fraction of sp³-hybridized carbons (Fsp3) is 0.556. The molecule has 1 aliphatic heterocycles. The predicted molar refractivity (Wildman–Crippen MR) is 96.3 cm³/mol. The molecule has 1 aromatic carbocycles. The lowest BCUT2D eigenvalue weighted by Gasteiger charge is -2.24. The van der Waals surface area contributed by atoms with Gasteiger partial charge in [-0.1, -0.05) is 18.5 Å². The Balaban J connectivity index is 2.25. The van der Waals surface area contributed by atoms with Crippen molar-refractivity contribution in [1.29, 1.82) is 0 Å². The average Bonchev–Trinajstić information content (AvgIpc) is 3.05. The molecule has 1 aromatic rings. The SMILES string of the molecule is CCCOc1c(Cl)cc(C(=O)N2CCC(COC)(C(=O)O)C2)cc1OC. The molecule has 1 atom stereocenters. The summed E-state index contributed by atoms with van der Waals surface area (Å²) in [7, 11) is 2.93. The summed E-state index contributed by atoms with van der Waals surface area (Å²) in [5, 5.41) is 9.81. The summed E-state index contributed by atoms with van der Waals surface area (Å²) in [4.78, 5) is 26.0. The fourth-order valence-corrected chi connectivity index (χ4v) is 3.31. The molecule has 0 aromatic heterocycles. The normalized spacial score (nSPS) is 19.5. The second-order valence-corrected chi connectivity index (χ2v) is 6.74. The highest BCUT2D eigenvalue weighted by Gasteiger charge is 2.46. The number of carboxylic acids is 1. The van der Waals surface area contributed by atoms with Crippen LogP contribution in [-0.4, -0.2) is 62.4 Å². The summed E-state index contributed by atoms with van der Waals surface area (Å²) in [6, 6.07) is 3.09. The molecule has 1 unspecified atom stereocenters. The van der Waals surface area contributed by atoms with Crippen LogP contribution in [0.2, 0.25) is 5.02 Å². The van der Waals surface area contributed by atoms with Crippen molar-refractivity contribution in [2.75, 3.05) is 40.5 Å². The number of aliphatic carboxylic acids is 1. The third kappa shape index (κ3) is 4.04. The predicted octanol–water partition coefficient (Wildman–Crippen LogP) is 2.70. The van der Waals surface area contributed by atoms with Crippen LogP contribution in [0, 0.1) is 5.41 Å². The lowest BCUT2D eigenvalue weighted by molar-refractivity contribution is -0.151. The van der Waals surface area contributed by atoms with Crippen LogP contribution in [0.15, 0.2) is 12.1 Å². The number of carbonyl (C=O) groups excluding carboxylic acids is 1. The largest absolute Gasteiger partial charge is 0.493 e. The maximum absolute atomic E-state index is 12.8. The number of ether oxygens (including phenoxy) is 3. The van der Waals surface area contributed by atoms with Crippen molar-refractivity contribution in [3.8, 4) is 11.5 Å². The van der Waals surface area contributed by atoms with Crippen molar-refractivity contribution in [3.05, 3.63) is 22.7 Å². The number of carbonyl (C=O) groups is 2. The van der Waals surface area contributed by atoms with Crippen molar-refractivity contribution < 1.29 is 28.9 Å². The topological polar surface area (TPSA) is 85.3 Å². The van der Waals surface area contributed by atoms with Crippen molar-refractivity contribution in [2.45, 2.75) is 19.8 Å². The molecule has 2 rings (SSSR count). The zero-order chi connectivity index (χ0) is 19.3. The van der Waals surface area contributed by atoms with Crippen LogP contribution < -0.4 is 9.47 Å². The Hall–Kier alpha value is -1.99. The van der Waals surface area contributed by atoms with E-state index in [0.29, 0.717) is 36.6 Å². The van der Waals surface area contributed by atoms with Crippen molar-refractivity contribution in [2.24, 2.45) is 5.41 Å². The summed E-state index contributed by atoms with van der Waals surface area (Å²) in [6.45, 7) is 2.93. The zero-order valence-electron chi connectivity index (χ0n) is 15.2. The van der Waals surface area contributed by atoms with E-state index in [-0.39, 0.29) is 24.1 Å². The van der Waals surface area contributed by atoms with Crippen LogP contribution in [-0.2, 0) is 9.53 Å². The summed E-state index contributed by atoms with van der Waals surface area (Å²) >= 11 is 6.27. The molecule has 144 valence electrons. The number of carboxylic acid groups (broad SMARTS) is 1. The van der Waals surface area contributed by atoms with Crippen molar-refractivity contribution >= 4 is 23.5 Å². The molecule has 26 heavy (non-hydrogen) atoms. The number of nitrogens with zero attached hydrogens (tertiary/aromatic N) is 1. The van der Waals surface area contributed by atoms with E-state index in [1.807, 2.05) is 6.92 Å². The minimum atomic E-state index is -1.08. The second-order valence-electron chi connectivity index (χ2n) is 6.33. The Morgan fingerprint density at radius 3 is 2.65 bits per heavy atom. The highest BCUT2D eigenvalue weighted by atomic mass is 35.5. The van der Waals surface area contributed by atoms with Gasteiger partial charge in [0.2, 0.25) is 0 Å². The number of rotatable bonds is 8. The Kier molecular flexibility index (Phi) is 6.72. The number of hydrogen-bond donors (Lipinski definition) is 1. The standard InChI is InChI=1S/C18H24ClNO6/c1-4-7-26-15-13(19)8-12(9-14(15)25-3)16(21)20-6-5-18(10-20,11-24-2)17(22)23/h8-9H,4-7,10-11H2,1-3H3,(H,22,23). The second kappa shape index (κ2) is 8.60. The maximum atomic E-state index is 12.8. The summed E-state index contributed by atoms with van der Waals surface area (Å²) in [5.74, 6) is -0.497. The average molecular weight is 386 g/mol. The van der Waals surface area contributed by atoms with Gasteiger partial charge in [-0.2, -0.15) is 0 Å². The van der Waals surface area contributed by atoms with Crippen LogP contribution in [0.4, 0.5) is 0 Å². The van der Waals surface area contributed by atoms with E-state index in [9.17, 15) is 14.7 Å². The molecular formula is C18H24ClNO6. The number of methoxy groups -OCH3 is 2. The molecule has 1 heterocycles. The van der Waals surface area contributed by atoms with Gasteiger partial charge in [0.1, 0.15) is 5.41 Å². The zero-order valence-corrected chi connectivity index (χ0v) is 16.0. The Morgan fingerprint density at radius 2 is 2.08 bits per heavy atom. The van der Waals surface area contributed by atoms with E-state index in [0.717, 1.165) is 6.42 Å². The summed E-state index contributed by atoms with van der Waals surface area (Å²) < 4.78 is 15.9. The van der Waals surface area contributed by atoms with Gasteiger partial charge in [-0.3, -0.25) is 9.59 Å². The lowest BCUT2D eigenvalue weighted by atomic mass is 9.88. The Morgan fingerprint density at radius 1 is 1.35 bits per heavy atom. The van der Waals surface area contributed by atoms with Gasteiger partial charge in [0.05, 0.1) is 25.3 Å². The van der Waals surface area contributed by atoms with E-state index < -0.39 is 11.4 Å². The monoisotopic (exact) mass is 385 g/mol. The van der Waals surface area contributed by atoms with Gasteiger partial charge in [0, 0.05) is 25.8 Å². The maximum Gasteiger partial charge on any atom is 0.313 e. The van der Waals surface area contributed by atoms with E-state index in [1.165, 1.54) is 25.2 Å². The van der Waals surface area contributed by atoms with Crippen LogP contribution >= 0.6 is 11.6 Å². The fourth-order valence-electron chi connectivity index (χ4n) is 3.05. The molecule has 1 fully saturated rings. The van der Waals surface area contributed by atoms with Gasteiger partial charge >= 0.3 is 5.97 Å². The van der Waals surface area contributed by atoms with Gasteiger partial charge in [-0.15, -0.1) is 0 Å². The minimum Gasteiger partial charge on any atom is -0.493 e. The van der Waals surface area contributed by atoms with Gasteiger partial charge < -0.3 is 24.2 Å².